The van der Waals surface area contributed by atoms with Gasteiger partial charge in [0.25, 0.3) is 0 Å². The first-order chi connectivity index (χ1) is 14.1. The molecule has 0 aromatic heterocycles. The summed E-state index contributed by atoms with van der Waals surface area (Å²) in [6, 6.07) is 0. The van der Waals surface area contributed by atoms with Crippen molar-refractivity contribution >= 4 is 14.3 Å². The summed E-state index contributed by atoms with van der Waals surface area (Å²) in [7, 11) is -0.204. The van der Waals surface area contributed by atoms with Gasteiger partial charge >= 0.3 is 5.97 Å². The van der Waals surface area contributed by atoms with E-state index in [9.17, 15) is 4.79 Å². The van der Waals surface area contributed by atoms with E-state index >= 15 is 0 Å². The molecule has 0 aromatic carbocycles. The Balaban J connectivity index is 3.97. The van der Waals surface area contributed by atoms with Gasteiger partial charge in [0.1, 0.15) is 0 Å². The molecule has 0 rings (SSSR count). The molecule has 1 atom stereocenters. The molecule has 4 heteroatoms. The van der Waals surface area contributed by atoms with Gasteiger partial charge in [-0.3, -0.25) is 4.79 Å². The fraction of sp³-hybridized carbons (Fsp3) is 0.962. The van der Waals surface area contributed by atoms with Crippen LogP contribution in [0.25, 0.3) is 0 Å². The minimum Gasteiger partial charge on any atom is -0.469 e. The largest absolute Gasteiger partial charge is 0.469 e. The molecule has 0 fully saturated rings. The van der Waals surface area contributed by atoms with Crippen LogP contribution in [0.3, 0.4) is 0 Å². The Labute approximate surface area is 190 Å². The molecule has 0 radical (unpaired) electrons. The number of methoxy groups -OCH3 is 1. The van der Waals surface area contributed by atoms with Crippen LogP contribution in [-0.2, 0) is 14.0 Å². The Bertz CT molecular complexity index is 415. The van der Waals surface area contributed by atoms with Gasteiger partial charge in [-0.25, -0.2) is 0 Å². The molecular weight excluding hydrogens is 388 g/mol. The van der Waals surface area contributed by atoms with E-state index in [1.807, 2.05) is 0 Å². The number of unbranched alkanes of at least 4 members (excludes halogenated alkanes) is 11. The summed E-state index contributed by atoms with van der Waals surface area (Å²) in [5.74, 6) is -0.0730. The normalized spacial score (nSPS) is 13.4. The van der Waals surface area contributed by atoms with Crippen LogP contribution in [0.1, 0.15) is 130 Å². The van der Waals surface area contributed by atoms with Gasteiger partial charge in [-0.15, -0.1) is 0 Å². The molecule has 0 aliphatic heterocycles. The van der Waals surface area contributed by atoms with Crippen molar-refractivity contribution in [2.45, 2.75) is 155 Å². The first-order valence-electron chi connectivity index (χ1n) is 12.9. The van der Waals surface area contributed by atoms with Crippen LogP contribution in [0.5, 0.6) is 0 Å². The summed E-state index contributed by atoms with van der Waals surface area (Å²) in [5, 5.41) is 0.297. The third-order valence-corrected chi connectivity index (χ3v) is 11.3. The second kappa shape index (κ2) is 17.2. The van der Waals surface area contributed by atoms with E-state index in [4.69, 9.17) is 4.43 Å². The number of ether oxygens (including phenoxy) is 1. The van der Waals surface area contributed by atoms with E-state index in [1.54, 1.807) is 0 Å². The molecule has 0 aliphatic rings. The lowest BCUT2D eigenvalue weighted by atomic mass is 10.0. The Morgan fingerprint density at radius 3 is 1.63 bits per heavy atom. The fourth-order valence-corrected chi connectivity index (χ4v) is 5.06. The summed E-state index contributed by atoms with van der Waals surface area (Å²) in [6.45, 7) is 14.1. The first kappa shape index (κ1) is 29.6. The minimum absolute atomic E-state index is 0.0730. The lowest BCUT2D eigenvalue weighted by molar-refractivity contribution is -0.140. The maximum absolute atomic E-state index is 11.1. The van der Waals surface area contributed by atoms with Gasteiger partial charge < -0.3 is 9.16 Å². The molecule has 0 saturated carbocycles. The molecule has 0 spiro atoms. The predicted molar refractivity (Wildman–Crippen MR) is 134 cm³/mol. The molecule has 0 heterocycles. The summed E-state index contributed by atoms with van der Waals surface area (Å²) in [6.07, 6.45) is 20.2. The number of esters is 1. The summed E-state index contributed by atoms with van der Waals surface area (Å²) in [5.41, 5.74) is 0. The van der Waals surface area contributed by atoms with Crippen LogP contribution < -0.4 is 0 Å². The monoisotopic (exact) mass is 442 g/mol. The van der Waals surface area contributed by atoms with Crippen LogP contribution in [0.4, 0.5) is 0 Å². The van der Waals surface area contributed by atoms with E-state index in [2.05, 4.69) is 45.5 Å². The lowest BCUT2D eigenvalue weighted by Crippen LogP contribution is -2.44. The van der Waals surface area contributed by atoms with Crippen LogP contribution in [0.2, 0.25) is 18.1 Å². The van der Waals surface area contributed by atoms with Gasteiger partial charge in [0.05, 0.1) is 7.11 Å². The third-order valence-electron chi connectivity index (χ3n) is 6.78. The van der Waals surface area contributed by atoms with E-state index in [1.165, 1.54) is 90.6 Å². The van der Waals surface area contributed by atoms with Crippen molar-refractivity contribution in [2.24, 2.45) is 0 Å². The average Bonchev–Trinajstić information content (AvgIpc) is 2.67. The standard InChI is InChI=1S/C26H54O3Si/c1-8-9-10-18-21-24(29-30(6,7)26(2,3)4)22-19-16-14-12-11-13-15-17-20-23-25(27)28-5/h24H,8-23H2,1-7H3. The minimum atomic E-state index is -1.67. The maximum Gasteiger partial charge on any atom is 0.305 e. The molecule has 0 aromatic rings. The third kappa shape index (κ3) is 15.4. The highest BCUT2D eigenvalue weighted by molar-refractivity contribution is 6.74. The van der Waals surface area contributed by atoms with Crippen molar-refractivity contribution in [3.8, 4) is 0 Å². The highest BCUT2D eigenvalue weighted by atomic mass is 28.4. The van der Waals surface area contributed by atoms with Crippen LogP contribution in [0, 0.1) is 0 Å². The predicted octanol–water partition coefficient (Wildman–Crippen LogP) is 8.81. The van der Waals surface area contributed by atoms with Gasteiger partial charge in [-0.2, -0.15) is 0 Å². The quantitative estimate of drug-likeness (QED) is 0.114. The fourth-order valence-electron chi connectivity index (χ4n) is 3.64. The maximum atomic E-state index is 11.1. The zero-order valence-electron chi connectivity index (χ0n) is 21.6. The summed E-state index contributed by atoms with van der Waals surface area (Å²) < 4.78 is 11.5. The van der Waals surface area contributed by atoms with E-state index in [0.717, 1.165) is 12.8 Å². The molecular formula is C26H54O3Si. The van der Waals surface area contributed by atoms with Crippen molar-refractivity contribution in [1.82, 2.24) is 0 Å². The van der Waals surface area contributed by atoms with E-state index in [-0.39, 0.29) is 5.97 Å². The summed E-state index contributed by atoms with van der Waals surface area (Å²) >= 11 is 0. The van der Waals surface area contributed by atoms with Crippen LogP contribution in [0.15, 0.2) is 0 Å². The van der Waals surface area contributed by atoms with Crippen molar-refractivity contribution < 1.29 is 14.0 Å². The van der Waals surface area contributed by atoms with E-state index in [0.29, 0.717) is 17.6 Å². The van der Waals surface area contributed by atoms with Crippen LogP contribution in [-0.4, -0.2) is 27.5 Å². The Kier molecular flexibility index (Phi) is 17.0. The van der Waals surface area contributed by atoms with Gasteiger partial charge in [0.2, 0.25) is 0 Å². The smallest absolute Gasteiger partial charge is 0.305 e. The molecule has 0 N–H and O–H groups in total. The SMILES string of the molecule is CCCCCCC(CCCCCCCCCCCC(=O)OC)O[Si](C)(C)C(C)(C)C. The second-order valence-electron chi connectivity index (χ2n) is 10.6. The van der Waals surface area contributed by atoms with Gasteiger partial charge in [0.15, 0.2) is 8.32 Å². The Morgan fingerprint density at radius 2 is 1.20 bits per heavy atom. The second-order valence-corrected chi connectivity index (χ2v) is 15.4. The van der Waals surface area contributed by atoms with Crippen molar-refractivity contribution in [2.75, 3.05) is 7.11 Å². The van der Waals surface area contributed by atoms with E-state index < -0.39 is 8.32 Å². The van der Waals surface area contributed by atoms with Crippen molar-refractivity contribution in [3.63, 3.8) is 0 Å². The zero-order chi connectivity index (χ0) is 22.9. The van der Waals surface area contributed by atoms with Gasteiger partial charge in [-0.1, -0.05) is 105 Å². The number of hydrogen-bond acceptors (Lipinski definition) is 3. The number of carbonyl (C=O) groups excluding carboxylic acids is 1. The molecule has 1 unspecified atom stereocenters. The highest BCUT2D eigenvalue weighted by Crippen LogP contribution is 2.38. The molecule has 0 aliphatic carbocycles. The number of carbonyl (C=O) groups is 1. The zero-order valence-corrected chi connectivity index (χ0v) is 22.6. The number of hydrogen-bond donors (Lipinski definition) is 0. The molecule has 180 valence electrons. The average molecular weight is 443 g/mol. The van der Waals surface area contributed by atoms with Gasteiger partial charge in [-0.05, 0) is 37.4 Å². The lowest BCUT2D eigenvalue weighted by Gasteiger charge is -2.39. The molecule has 0 bridgehead atoms. The molecule has 3 nitrogen and oxygen atoms in total. The first-order valence-corrected chi connectivity index (χ1v) is 15.8. The van der Waals surface area contributed by atoms with Gasteiger partial charge in [0, 0.05) is 12.5 Å². The topological polar surface area (TPSA) is 35.5 Å². The Hall–Kier alpha value is -0.353. The summed E-state index contributed by atoms with van der Waals surface area (Å²) in [4.78, 5) is 11.1. The Morgan fingerprint density at radius 1 is 0.767 bits per heavy atom. The molecule has 30 heavy (non-hydrogen) atoms. The van der Waals surface area contributed by atoms with Crippen molar-refractivity contribution in [3.05, 3.63) is 0 Å². The van der Waals surface area contributed by atoms with Crippen LogP contribution >= 0.6 is 0 Å². The van der Waals surface area contributed by atoms with Crippen molar-refractivity contribution in [1.29, 1.82) is 0 Å². The highest BCUT2D eigenvalue weighted by Gasteiger charge is 2.38. The molecule has 0 amide bonds. The molecule has 0 saturated heterocycles. The number of rotatable bonds is 19.